The first kappa shape index (κ1) is 13.8. The predicted octanol–water partition coefficient (Wildman–Crippen LogP) is 3.65. The van der Waals surface area contributed by atoms with Crippen LogP contribution in [0, 0.1) is 11.8 Å². The van der Waals surface area contributed by atoms with Crippen LogP contribution in [0.2, 0.25) is 0 Å². The van der Waals surface area contributed by atoms with E-state index in [0.29, 0.717) is 5.56 Å². The van der Waals surface area contributed by atoms with Gasteiger partial charge in [-0.05, 0) is 37.8 Å². The quantitative estimate of drug-likeness (QED) is 0.792. The maximum absolute atomic E-state index is 12.0. The lowest BCUT2D eigenvalue weighted by molar-refractivity contribution is -0.120. The SMILES string of the molecule is CCC(CC)C(=O)Nc1cccc(C(=O)C2CC2)c1. The van der Waals surface area contributed by atoms with E-state index in [1.807, 2.05) is 32.0 Å². The Hall–Kier alpha value is -1.64. The van der Waals surface area contributed by atoms with Crippen molar-refractivity contribution in [3.8, 4) is 0 Å². The molecule has 3 heteroatoms. The highest BCUT2D eigenvalue weighted by Crippen LogP contribution is 2.33. The highest BCUT2D eigenvalue weighted by atomic mass is 16.2. The Morgan fingerprint density at radius 3 is 2.53 bits per heavy atom. The molecule has 0 saturated heterocycles. The highest BCUT2D eigenvalue weighted by Gasteiger charge is 2.30. The van der Waals surface area contributed by atoms with E-state index in [-0.39, 0.29) is 23.5 Å². The van der Waals surface area contributed by atoms with Crippen LogP contribution in [0.5, 0.6) is 0 Å². The fourth-order valence-corrected chi connectivity index (χ4v) is 2.24. The minimum Gasteiger partial charge on any atom is -0.326 e. The van der Waals surface area contributed by atoms with Gasteiger partial charge < -0.3 is 5.32 Å². The minimum absolute atomic E-state index is 0.0426. The van der Waals surface area contributed by atoms with Gasteiger partial charge in [0.05, 0.1) is 0 Å². The summed E-state index contributed by atoms with van der Waals surface area (Å²) in [7, 11) is 0. The zero-order valence-electron chi connectivity index (χ0n) is 11.6. The second-order valence-corrected chi connectivity index (χ2v) is 5.22. The molecule has 1 amide bonds. The Morgan fingerprint density at radius 1 is 1.26 bits per heavy atom. The number of carbonyl (C=O) groups excluding carboxylic acids is 2. The van der Waals surface area contributed by atoms with Crippen LogP contribution in [0.15, 0.2) is 24.3 Å². The van der Waals surface area contributed by atoms with Crippen molar-refractivity contribution < 1.29 is 9.59 Å². The molecule has 0 heterocycles. The number of hydrogen-bond donors (Lipinski definition) is 1. The molecule has 1 aliphatic rings. The van der Waals surface area contributed by atoms with Crippen LogP contribution >= 0.6 is 0 Å². The lowest BCUT2D eigenvalue weighted by atomic mass is 10.0. The molecule has 0 unspecified atom stereocenters. The van der Waals surface area contributed by atoms with Crippen molar-refractivity contribution in [2.24, 2.45) is 11.8 Å². The first-order valence-electron chi connectivity index (χ1n) is 7.10. The normalized spacial score (nSPS) is 14.5. The maximum atomic E-state index is 12.0. The molecule has 0 aliphatic heterocycles. The summed E-state index contributed by atoms with van der Waals surface area (Å²) >= 11 is 0. The van der Waals surface area contributed by atoms with Gasteiger partial charge in [0.25, 0.3) is 0 Å². The van der Waals surface area contributed by atoms with Crippen LogP contribution < -0.4 is 5.32 Å². The average Bonchev–Trinajstić information content (AvgIpc) is 3.24. The van der Waals surface area contributed by atoms with Gasteiger partial charge in [0.15, 0.2) is 5.78 Å². The van der Waals surface area contributed by atoms with Gasteiger partial charge in [-0.25, -0.2) is 0 Å². The van der Waals surface area contributed by atoms with Crippen molar-refractivity contribution in [1.29, 1.82) is 0 Å². The van der Waals surface area contributed by atoms with Crippen molar-refractivity contribution in [1.82, 2.24) is 0 Å². The van der Waals surface area contributed by atoms with Crippen molar-refractivity contribution >= 4 is 17.4 Å². The largest absolute Gasteiger partial charge is 0.326 e. The molecular formula is C16H21NO2. The summed E-state index contributed by atoms with van der Waals surface area (Å²) in [6.45, 7) is 4.03. The number of amides is 1. The van der Waals surface area contributed by atoms with Crippen molar-refractivity contribution in [3.05, 3.63) is 29.8 Å². The molecule has 1 aromatic rings. The molecule has 0 radical (unpaired) electrons. The molecule has 0 aromatic heterocycles. The van der Waals surface area contributed by atoms with E-state index < -0.39 is 0 Å². The van der Waals surface area contributed by atoms with Gasteiger partial charge in [0.1, 0.15) is 0 Å². The second-order valence-electron chi connectivity index (χ2n) is 5.22. The summed E-state index contributed by atoms with van der Waals surface area (Å²) in [6, 6.07) is 7.29. The van der Waals surface area contributed by atoms with Crippen LogP contribution in [-0.2, 0) is 4.79 Å². The Bertz CT molecular complexity index is 473. The van der Waals surface area contributed by atoms with Gasteiger partial charge in [-0.15, -0.1) is 0 Å². The van der Waals surface area contributed by atoms with Crippen molar-refractivity contribution in [2.45, 2.75) is 39.5 Å². The number of hydrogen-bond acceptors (Lipinski definition) is 2. The fourth-order valence-electron chi connectivity index (χ4n) is 2.24. The van der Waals surface area contributed by atoms with Crippen LogP contribution in [0.1, 0.15) is 49.9 Å². The third-order valence-electron chi connectivity index (χ3n) is 3.72. The molecule has 1 N–H and O–H groups in total. The van der Waals surface area contributed by atoms with Gasteiger partial charge in [-0.1, -0.05) is 26.0 Å². The molecule has 0 spiro atoms. The van der Waals surface area contributed by atoms with E-state index in [9.17, 15) is 9.59 Å². The average molecular weight is 259 g/mol. The number of anilines is 1. The number of nitrogens with one attached hydrogen (secondary N) is 1. The minimum atomic E-state index is 0.0426. The summed E-state index contributed by atoms with van der Waals surface area (Å²) in [6.07, 6.45) is 3.68. The Labute approximate surface area is 114 Å². The molecular weight excluding hydrogens is 238 g/mol. The van der Waals surface area contributed by atoms with Crippen LogP contribution in [0.4, 0.5) is 5.69 Å². The maximum Gasteiger partial charge on any atom is 0.227 e. The summed E-state index contributed by atoms with van der Waals surface area (Å²) in [5.41, 5.74) is 1.44. The summed E-state index contributed by atoms with van der Waals surface area (Å²) in [5.74, 6) is 0.507. The number of carbonyl (C=O) groups is 2. The smallest absolute Gasteiger partial charge is 0.227 e. The van der Waals surface area contributed by atoms with Gasteiger partial charge in [-0.3, -0.25) is 9.59 Å². The number of rotatable bonds is 6. The van der Waals surface area contributed by atoms with E-state index in [1.165, 1.54) is 0 Å². The van der Waals surface area contributed by atoms with E-state index in [4.69, 9.17) is 0 Å². The number of Topliss-reactive ketones (excluding diaryl/α,β-unsaturated/α-hetero) is 1. The van der Waals surface area contributed by atoms with Gasteiger partial charge in [0, 0.05) is 23.1 Å². The monoisotopic (exact) mass is 259 g/mol. The van der Waals surface area contributed by atoms with Gasteiger partial charge in [0.2, 0.25) is 5.91 Å². The van der Waals surface area contributed by atoms with E-state index in [1.54, 1.807) is 6.07 Å². The van der Waals surface area contributed by atoms with Crippen molar-refractivity contribution in [3.63, 3.8) is 0 Å². The zero-order valence-corrected chi connectivity index (χ0v) is 11.6. The first-order valence-corrected chi connectivity index (χ1v) is 7.10. The molecule has 0 bridgehead atoms. The first-order chi connectivity index (χ1) is 9.15. The van der Waals surface area contributed by atoms with Crippen LogP contribution in [0.25, 0.3) is 0 Å². The summed E-state index contributed by atoms with van der Waals surface area (Å²) < 4.78 is 0. The fraction of sp³-hybridized carbons (Fsp3) is 0.500. The summed E-state index contributed by atoms with van der Waals surface area (Å²) in [5, 5.41) is 2.91. The van der Waals surface area contributed by atoms with E-state index in [2.05, 4.69) is 5.32 Å². The standard InChI is InChI=1S/C16H21NO2/c1-3-11(4-2)16(19)17-14-7-5-6-13(10-14)15(18)12-8-9-12/h5-7,10-12H,3-4,8-9H2,1-2H3,(H,17,19). The van der Waals surface area contributed by atoms with Crippen molar-refractivity contribution in [2.75, 3.05) is 5.32 Å². The molecule has 1 aromatic carbocycles. The third kappa shape index (κ3) is 3.43. The van der Waals surface area contributed by atoms with E-state index >= 15 is 0 Å². The van der Waals surface area contributed by atoms with Crippen LogP contribution in [-0.4, -0.2) is 11.7 Å². The molecule has 1 aliphatic carbocycles. The van der Waals surface area contributed by atoms with E-state index in [0.717, 1.165) is 31.4 Å². The lowest BCUT2D eigenvalue weighted by Gasteiger charge is -2.13. The molecule has 19 heavy (non-hydrogen) atoms. The second kappa shape index (κ2) is 6.00. The summed E-state index contributed by atoms with van der Waals surface area (Å²) in [4.78, 5) is 24.0. The zero-order chi connectivity index (χ0) is 13.8. The lowest BCUT2D eigenvalue weighted by Crippen LogP contribution is -2.21. The van der Waals surface area contributed by atoms with Crippen LogP contribution in [0.3, 0.4) is 0 Å². The molecule has 3 nitrogen and oxygen atoms in total. The molecule has 1 fully saturated rings. The Morgan fingerprint density at radius 2 is 1.95 bits per heavy atom. The molecule has 0 atom stereocenters. The molecule has 102 valence electrons. The molecule has 1 saturated carbocycles. The van der Waals surface area contributed by atoms with Gasteiger partial charge in [-0.2, -0.15) is 0 Å². The third-order valence-corrected chi connectivity index (χ3v) is 3.72. The molecule has 2 rings (SSSR count). The van der Waals surface area contributed by atoms with Gasteiger partial charge >= 0.3 is 0 Å². The Balaban J connectivity index is 2.06. The topological polar surface area (TPSA) is 46.2 Å². The number of benzene rings is 1. The Kier molecular flexibility index (Phi) is 4.35. The predicted molar refractivity (Wildman–Crippen MR) is 76.2 cm³/mol. The number of ketones is 1. The highest BCUT2D eigenvalue weighted by molar-refractivity contribution is 6.01.